The normalized spacial score (nSPS) is 11.6. The summed E-state index contributed by atoms with van der Waals surface area (Å²) in [5, 5.41) is 4.55. The van der Waals surface area contributed by atoms with Gasteiger partial charge in [-0.3, -0.25) is 4.68 Å². The second-order valence-corrected chi connectivity index (χ2v) is 5.92. The molecule has 6 heteroatoms. The minimum atomic E-state index is 0.612. The molecule has 0 aliphatic heterocycles. The van der Waals surface area contributed by atoms with Crippen LogP contribution in [-0.2, 0) is 26.4 Å². The highest BCUT2D eigenvalue weighted by molar-refractivity contribution is 7.98. The maximum Gasteiger partial charge on any atom is 0.158 e. The Bertz CT molecular complexity index is 546. The van der Waals surface area contributed by atoms with Gasteiger partial charge in [0.15, 0.2) is 5.65 Å². The second-order valence-electron chi connectivity index (χ2n) is 4.56. The fraction of sp³-hybridized carbons (Fsp3) is 0.692. The van der Waals surface area contributed by atoms with Crippen molar-refractivity contribution < 1.29 is 0 Å². The van der Waals surface area contributed by atoms with E-state index in [1.807, 2.05) is 23.5 Å². The van der Waals surface area contributed by atoms with Gasteiger partial charge in [-0.25, -0.2) is 4.98 Å². The van der Waals surface area contributed by atoms with E-state index in [4.69, 9.17) is 16.6 Å². The third-order valence-corrected chi connectivity index (χ3v) is 4.14. The zero-order valence-corrected chi connectivity index (χ0v) is 13.4. The Balaban J connectivity index is 2.43. The number of hydrogen-bond donors (Lipinski definition) is 0. The van der Waals surface area contributed by atoms with Crippen LogP contribution in [-0.4, -0.2) is 37.2 Å². The van der Waals surface area contributed by atoms with E-state index in [-0.39, 0.29) is 0 Å². The summed E-state index contributed by atoms with van der Waals surface area (Å²) in [6.07, 6.45) is 5.02. The molecule has 0 saturated carbocycles. The van der Waals surface area contributed by atoms with Gasteiger partial charge >= 0.3 is 0 Å². The van der Waals surface area contributed by atoms with Crippen LogP contribution in [0, 0.1) is 0 Å². The number of halogens is 1. The molecular weight excluding hydrogens is 280 g/mol. The van der Waals surface area contributed by atoms with Gasteiger partial charge in [-0.2, -0.15) is 16.9 Å². The van der Waals surface area contributed by atoms with Crippen LogP contribution in [0.2, 0.25) is 0 Å². The quantitative estimate of drug-likeness (QED) is 0.583. The highest BCUT2D eigenvalue weighted by Crippen LogP contribution is 2.21. The number of alkyl halides is 1. The van der Waals surface area contributed by atoms with Crippen molar-refractivity contribution in [1.82, 2.24) is 19.3 Å². The van der Waals surface area contributed by atoms with E-state index < -0.39 is 0 Å². The lowest BCUT2D eigenvalue weighted by Gasteiger charge is -2.08. The van der Waals surface area contributed by atoms with Gasteiger partial charge in [0, 0.05) is 25.9 Å². The zero-order valence-electron chi connectivity index (χ0n) is 11.8. The second kappa shape index (κ2) is 6.66. The molecule has 0 aliphatic rings. The monoisotopic (exact) mass is 300 g/mol. The molecule has 0 N–H and O–H groups in total. The smallest absolute Gasteiger partial charge is 0.158 e. The Labute approximate surface area is 123 Å². The van der Waals surface area contributed by atoms with Gasteiger partial charge in [0.25, 0.3) is 0 Å². The minimum absolute atomic E-state index is 0.612. The van der Waals surface area contributed by atoms with Crippen LogP contribution in [0.15, 0.2) is 0 Å². The number of hydrogen-bond acceptors (Lipinski definition) is 3. The van der Waals surface area contributed by atoms with E-state index >= 15 is 0 Å². The highest BCUT2D eigenvalue weighted by Gasteiger charge is 2.17. The Morgan fingerprint density at radius 3 is 2.79 bits per heavy atom. The summed E-state index contributed by atoms with van der Waals surface area (Å²) in [6.45, 7) is 3.11. The third kappa shape index (κ3) is 2.92. The standard InChI is InChI=1S/C13H21ClN4S/c1-4-10-12-13(17(2)16-10)18(8-5-9-19-3)11(15-12)6-7-14/h4-9H2,1-3H3. The van der Waals surface area contributed by atoms with Crippen molar-refractivity contribution in [2.24, 2.45) is 7.05 Å². The first kappa shape index (κ1) is 14.7. The molecule has 0 spiro atoms. The predicted octanol–water partition coefficient (Wildman–Crippen LogP) is 2.87. The van der Waals surface area contributed by atoms with Crippen LogP contribution < -0.4 is 0 Å². The SMILES string of the molecule is CCc1nn(C)c2c1nc(CCCl)n2CCCSC. The summed E-state index contributed by atoms with van der Waals surface area (Å²) >= 11 is 7.78. The summed E-state index contributed by atoms with van der Waals surface area (Å²) in [5.74, 6) is 2.87. The zero-order chi connectivity index (χ0) is 13.8. The van der Waals surface area contributed by atoms with Crippen molar-refractivity contribution in [3.8, 4) is 0 Å². The molecule has 0 fully saturated rings. The van der Waals surface area contributed by atoms with Crippen LogP contribution >= 0.6 is 23.4 Å². The molecule has 19 heavy (non-hydrogen) atoms. The fourth-order valence-electron chi connectivity index (χ4n) is 2.40. The van der Waals surface area contributed by atoms with E-state index in [1.54, 1.807) is 0 Å². The molecule has 2 aromatic heterocycles. The number of nitrogens with zero attached hydrogens (tertiary/aromatic N) is 4. The van der Waals surface area contributed by atoms with Gasteiger partial charge in [0.05, 0.1) is 5.69 Å². The van der Waals surface area contributed by atoms with E-state index in [9.17, 15) is 0 Å². The van der Waals surface area contributed by atoms with Crippen LogP contribution in [0.1, 0.15) is 24.9 Å². The fourth-order valence-corrected chi connectivity index (χ4v) is 2.99. The van der Waals surface area contributed by atoms with Gasteiger partial charge in [0.1, 0.15) is 11.3 Å². The van der Waals surface area contributed by atoms with Crippen molar-refractivity contribution in [2.45, 2.75) is 32.7 Å². The molecule has 0 aliphatic carbocycles. The van der Waals surface area contributed by atoms with Crippen LogP contribution in [0.3, 0.4) is 0 Å². The van der Waals surface area contributed by atoms with E-state index in [1.165, 1.54) is 5.75 Å². The van der Waals surface area contributed by atoms with Gasteiger partial charge in [-0.15, -0.1) is 11.6 Å². The lowest BCUT2D eigenvalue weighted by Crippen LogP contribution is -2.09. The molecule has 0 radical (unpaired) electrons. The van der Waals surface area contributed by atoms with Crippen molar-refractivity contribution in [3.63, 3.8) is 0 Å². The predicted molar refractivity (Wildman–Crippen MR) is 83.3 cm³/mol. The molecular formula is C13H21ClN4S. The summed E-state index contributed by atoms with van der Waals surface area (Å²) in [6, 6.07) is 0. The molecule has 2 heterocycles. The van der Waals surface area contributed by atoms with E-state index in [0.717, 1.165) is 48.5 Å². The maximum atomic E-state index is 5.90. The average molecular weight is 301 g/mol. The van der Waals surface area contributed by atoms with E-state index in [2.05, 4.69) is 22.8 Å². The number of aryl methyl sites for hydroxylation is 4. The molecule has 0 amide bonds. The van der Waals surface area contributed by atoms with Crippen LogP contribution in [0.25, 0.3) is 11.2 Å². The first-order valence-corrected chi connectivity index (χ1v) is 8.61. The number of imidazole rings is 1. The van der Waals surface area contributed by atoms with Gasteiger partial charge < -0.3 is 4.57 Å². The lowest BCUT2D eigenvalue weighted by atomic mass is 10.3. The Morgan fingerprint density at radius 2 is 2.16 bits per heavy atom. The largest absolute Gasteiger partial charge is 0.313 e. The minimum Gasteiger partial charge on any atom is -0.313 e. The van der Waals surface area contributed by atoms with Gasteiger partial charge in [-0.05, 0) is 24.9 Å². The van der Waals surface area contributed by atoms with Crippen LogP contribution in [0.5, 0.6) is 0 Å². The Morgan fingerprint density at radius 1 is 1.37 bits per heavy atom. The van der Waals surface area contributed by atoms with Crippen molar-refractivity contribution in [2.75, 3.05) is 17.9 Å². The van der Waals surface area contributed by atoms with Crippen molar-refractivity contribution >= 4 is 34.5 Å². The Hall–Kier alpha value is -0.680. The van der Waals surface area contributed by atoms with Crippen molar-refractivity contribution in [3.05, 3.63) is 11.5 Å². The van der Waals surface area contributed by atoms with Crippen molar-refractivity contribution in [1.29, 1.82) is 0 Å². The summed E-state index contributed by atoms with van der Waals surface area (Å²) in [5.41, 5.74) is 3.27. The number of fused-ring (bicyclic) bond motifs is 1. The summed E-state index contributed by atoms with van der Waals surface area (Å²) in [4.78, 5) is 4.76. The number of aromatic nitrogens is 4. The molecule has 0 atom stereocenters. The number of rotatable bonds is 7. The lowest BCUT2D eigenvalue weighted by molar-refractivity contribution is 0.633. The summed E-state index contributed by atoms with van der Waals surface area (Å²) < 4.78 is 4.25. The van der Waals surface area contributed by atoms with Gasteiger partial charge in [-0.1, -0.05) is 6.92 Å². The van der Waals surface area contributed by atoms with Crippen LogP contribution in [0.4, 0.5) is 0 Å². The topological polar surface area (TPSA) is 35.6 Å². The third-order valence-electron chi connectivity index (χ3n) is 3.25. The molecule has 106 valence electrons. The Kier molecular flexibility index (Phi) is 5.16. The van der Waals surface area contributed by atoms with Gasteiger partial charge in [0.2, 0.25) is 0 Å². The first-order chi connectivity index (χ1) is 9.22. The van der Waals surface area contributed by atoms with E-state index in [0.29, 0.717) is 5.88 Å². The molecule has 0 saturated heterocycles. The first-order valence-electron chi connectivity index (χ1n) is 6.68. The molecule has 2 aromatic rings. The molecule has 0 bridgehead atoms. The molecule has 0 unspecified atom stereocenters. The average Bonchev–Trinajstić information content (AvgIpc) is 2.89. The maximum absolute atomic E-state index is 5.90. The molecule has 0 aromatic carbocycles. The highest BCUT2D eigenvalue weighted by atomic mass is 35.5. The summed E-state index contributed by atoms with van der Waals surface area (Å²) in [7, 11) is 2.00. The molecule has 2 rings (SSSR count). The number of thioether (sulfide) groups is 1. The molecule has 4 nitrogen and oxygen atoms in total.